The summed E-state index contributed by atoms with van der Waals surface area (Å²) in [5.41, 5.74) is 7.24. The van der Waals surface area contributed by atoms with Gasteiger partial charge in [0.25, 0.3) is 0 Å². The van der Waals surface area contributed by atoms with E-state index in [1.807, 2.05) is 23.9 Å². The number of benzene rings is 1. The highest BCUT2D eigenvalue weighted by Gasteiger charge is 2.07. The van der Waals surface area contributed by atoms with Crippen molar-refractivity contribution in [2.45, 2.75) is 39.2 Å². The minimum absolute atomic E-state index is 0.227. The zero-order chi connectivity index (χ0) is 13.2. The number of thioether (sulfide) groups is 1. The number of hydrogen-bond acceptors (Lipinski definition) is 3. The zero-order valence-corrected chi connectivity index (χ0v) is 12.3. The van der Waals surface area contributed by atoms with E-state index >= 15 is 0 Å². The van der Waals surface area contributed by atoms with Crippen LogP contribution < -0.4 is 10.5 Å². The Balaban J connectivity index is 2.43. The first-order valence-corrected chi connectivity index (χ1v) is 7.97. The van der Waals surface area contributed by atoms with Crippen molar-refractivity contribution >= 4 is 11.8 Å². The second-order valence-electron chi connectivity index (χ2n) is 4.38. The van der Waals surface area contributed by atoms with E-state index in [2.05, 4.69) is 26.0 Å². The minimum Gasteiger partial charge on any atom is -0.493 e. The summed E-state index contributed by atoms with van der Waals surface area (Å²) in [5.74, 6) is 3.36. The molecule has 1 aromatic rings. The van der Waals surface area contributed by atoms with E-state index in [0.29, 0.717) is 0 Å². The lowest BCUT2D eigenvalue weighted by Gasteiger charge is -2.14. The molecule has 1 unspecified atom stereocenters. The number of ether oxygens (including phenoxy) is 1. The van der Waals surface area contributed by atoms with Crippen LogP contribution in [0.25, 0.3) is 0 Å². The molecule has 3 heteroatoms. The maximum Gasteiger partial charge on any atom is 0.122 e. The minimum atomic E-state index is 0.227. The standard InChI is InChI=1S/C15H25NOS/c1-3-14(16)12-13-8-5-6-9-15(13)17-10-7-11-18-4-2/h5-6,8-9,14H,3-4,7,10-12,16H2,1-2H3. The van der Waals surface area contributed by atoms with Gasteiger partial charge in [0.2, 0.25) is 0 Å². The predicted molar refractivity (Wildman–Crippen MR) is 81.5 cm³/mol. The van der Waals surface area contributed by atoms with Gasteiger partial charge in [-0.2, -0.15) is 11.8 Å². The van der Waals surface area contributed by atoms with Crippen molar-refractivity contribution in [1.29, 1.82) is 0 Å². The molecule has 0 aliphatic rings. The summed E-state index contributed by atoms with van der Waals surface area (Å²) in [6.07, 6.45) is 3.00. The molecule has 0 saturated carbocycles. The topological polar surface area (TPSA) is 35.2 Å². The Hall–Kier alpha value is -0.670. The molecule has 1 aromatic carbocycles. The van der Waals surface area contributed by atoms with Crippen LogP contribution >= 0.6 is 11.8 Å². The van der Waals surface area contributed by atoms with E-state index in [4.69, 9.17) is 10.5 Å². The van der Waals surface area contributed by atoms with Crippen LogP contribution in [0.1, 0.15) is 32.3 Å². The quantitative estimate of drug-likeness (QED) is 0.696. The van der Waals surface area contributed by atoms with Gasteiger partial charge >= 0.3 is 0 Å². The highest BCUT2D eigenvalue weighted by Crippen LogP contribution is 2.20. The highest BCUT2D eigenvalue weighted by molar-refractivity contribution is 7.99. The molecule has 102 valence electrons. The average Bonchev–Trinajstić information content (AvgIpc) is 2.40. The van der Waals surface area contributed by atoms with Gasteiger partial charge in [-0.25, -0.2) is 0 Å². The van der Waals surface area contributed by atoms with Gasteiger partial charge < -0.3 is 10.5 Å². The highest BCUT2D eigenvalue weighted by atomic mass is 32.2. The molecule has 0 aliphatic carbocycles. The van der Waals surface area contributed by atoms with Gasteiger partial charge in [0, 0.05) is 6.04 Å². The predicted octanol–water partition coefficient (Wildman–Crippen LogP) is 3.49. The van der Waals surface area contributed by atoms with Crippen LogP contribution in [-0.2, 0) is 6.42 Å². The fourth-order valence-corrected chi connectivity index (χ4v) is 2.34. The Morgan fingerprint density at radius 3 is 2.78 bits per heavy atom. The molecule has 2 N–H and O–H groups in total. The van der Waals surface area contributed by atoms with Crippen LogP contribution in [0, 0.1) is 0 Å². The number of hydrogen-bond donors (Lipinski definition) is 1. The third kappa shape index (κ3) is 5.78. The second kappa shape index (κ2) is 9.29. The van der Waals surface area contributed by atoms with Crippen LogP contribution in [0.4, 0.5) is 0 Å². The maximum atomic E-state index is 6.01. The van der Waals surface area contributed by atoms with E-state index in [9.17, 15) is 0 Å². The van der Waals surface area contributed by atoms with Gasteiger partial charge in [-0.15, -0.1) is 0 Å². The summed E-state index contributed by atoms with van der Waals surface area (Å²) in [6, 6.07) is 8.47. The molecule has 0 heterocycles. The molecular weight excluding hydrogens is 242 g/mol. The Morgan fingerprint density at radius 2 is 2.06 bits per heavy atom. The summed E-state index contributed by atoms with van der Waals surface area (Å²) >= 11 is 1.96. The van der Waals surface area contributed by atoms with E-state index < -0.39 is 0 Å². The third-order valence-corrected chi connectivity index (χ3v) is 3.86. The maximum absolute atomic E-state index is 6.01. The summed E-state index contributed by atoms with van der Waals surface area (Å²) in [6.45, 7) is 5.11. The zero-order valence-electron chi connectivity index (χ0n) is 11.5. The molecule has 0 fully saturated rings. The molecule has 1 rings (SSSR count). The van der Waals surface area contributed by atoms with Gasteiger partial charge in [0.15, 0.2) is 0 Å². The van der Waals surface area contributed by atoms with Crippen molar-refractivity contribution in [2.75, 3.05) is 18.1 Å². The van der Waals surface area contributed by atoms with Crippen LogP contribution in [-0.4, -0.2) is 24.2 Å². The fraction of sp³-hybridized carbons (Fsp3) is 0.600. The van der Waals surface area contributed by atoms with Crippen LogP contribution in [0.5, 0.6) is 5.75 Å². The molecule has 2 nitrogen and oxygen atoms in total. The summed E-state index contributed by atoms with van der Waals surface area (Å²) < 4.78 is 5.86. The molecule has 0 amide bonds. The van der Waals surface area contributed by atoms with Gasteiger partial charge in [-0.1, -0.05) is 32.0 Å². The first kappa shape index (κ1) is 15.4. The monoisotopic (exact) mass is 267 g/mol. The Kier molecular flexibility index (Phi) is 7.94. The summed E-state index contributed by atoms with van der Waals surface area (Å²) in [4.78, 5) is 0. The molecule has 0 bridgehead atoms. The Labute approximate surface area is 115 Å². The lowest BCUT2D eigenvalue weighted by Crippen LogP contribution is -2.21. The third-order valence-electron chi connectivity index (χ3n) is 2.87. The smallest absolute Gasteiger partial charge is 0.122 e. The lowest BCUT2D eigenvalue weighted by atomic mass is 10.0. The molecule has 0 spiro atoms. The van der Waals surface area contributed by atoms with Crippen molar-refractivity contribution in [3.05, 3.63) is 29.8 Å². The van der Waals surface area contributed by atoms with Gasteiger partial charge in [-0.05, 0) is 42.4 Å². The SMILES string of the molecule is CCSCCCOc1ccccc1CC(N)CC. The number of para-hydroxylation sites is 1. The van der Waals surface area contributed by atoms with Gasteiger partial charge in [0.1, 0.15) is 5.75 Å². The summed E-state index contributed by atoms with van der Waals surface area (Å²) in [5, 5.41) is 0. The summed E-state index contributed by atoms with van der Waals surface area (Å²) in [7, 11) is 0. The molecule has 0 aromatic heterocycles. The van der Waals surface area contributed by atoms with Gasteiger partial charge in [0.05, 0.1) is 6.61 Å². The van der Waals surface area contributed by atoms with E-state index in [1.54, 1.807) is 0 Å². The molecule has 18 heavy (non-hydrogen) atoms. The molecule has 0 aliphatic heterocycles. The Morgan fingerprint density at radius 1 is 1.28 bits per heavy atom. The average molecular weight is 267 g/mol. The fourth-order valence-electron chi connectivity index (χ4n) is 1.73. The molecular formula is C15H25NOS. The molecule has 0 saturated heterocycles. The van der Waals surface area contributed by atoms with E-state index in [1.165, 1.54) is 17.1 Å². The van der Waals surface area contributed by atoms with Crippen LogP contribution in [0.3, 0.4) is 0 Å². The second-order valence-corrected chi connectivity index (χ2v) is 5.77. The van der Waals surface area contributed by atoms with Crippen LogP contribution in [0.15, 0.2) is 24.3 Å². The Bertz CT molecular complexity index is 330. The number of nitrogens with two attached hydrogens (primary N) is 1. The molecule has 1 atom stereocenters. The van der Waals surface area contributed by atoms with Crippen molar-refractivity contribution in [2.24, 2.45) is 5.73 Å². The van der Waals surface area contributed by atoms with Crippen molar-refractivity contribution in [3.8, 4) is 5.75 Å². The lowest BCUT2D eigenvalue weighted by molar-refractivity contribution is 0.314. The number of rotatable bonds is 9. The van der Waals surface area contributed by atoms with E-state index in [-0.39, 0.29) is 6.04 Å². The first-order valence-electron chi connectivity index (χ1n) is 6.82. The van der Waals surface area contributed by atoms with Crippen molar-refractivity contribution < 1.29 is 4.74 Å². The molecule has 0 radical (unpaired) electrons. The normalized spacial score (nSPS) is 12.4. The van der Waals surface area contributed by atoms with Crippen molar-refractivity contribution in [1.82, 2.24) is 0 Å². The van der Waals surface area contributed by atoms with Gasteiger partial charge in [-0.3, -0.25) is 0 Å². The first-order chi connectivity index (χ1) is 8.77. The van der Waals surface area contributed by atoms with Crippen molar-refractivity contribution in [3.63, 3.8) is 0 Å². The van der Waals surface area contributed by atoms with Crippen LogP contribution in [0.2, 0.25) is 0 Å². The largest absolute Gasteiger partial charge is 0.493 e. The van der Waals surface area contributed by atoms with E-state index in [0.717, 1.165) is 31.6 Å².